The molecule has 0 amide bonds. The second-order valence-corrected chi connectivity index (χ2v) is 12.5. The number of hydrogen-bond donors (Lipinski definition) is 0. The van der Waals surface area contributed by atoms with Gasteiger partial charge >= 0.3 is 29.6 Å². The molecule has 206 valence electrons. The largest absolute Gasteiger partial charge is 1.00 e. The van der Waals surface area contributed by atoms with Crippen molar-refractivity contribution in [1.29, 1.82) is 0 Å². The summed E-state index contributed by atoms with van der Waals surface area (Å²) >= 11 is 0. The van der Waals surface area contributed by atoms with E-state index in [-0.39, 0.29) is 29.6 Å². The molecule has 0 aliphatic rings. The summed E-state index contributed by atoms with van der Waals surface area (Å²) in [6.45, 7) is 4.49. The SMILES string of the molecule is CCCCCCCCCCCCCCCCCCCCC(CCCCCCCCC)S(=O)(=O)[O-].[Na+]. The molecule has 0 N–H and O–H groups in total. The maximum absolute atomic E-state index is 11.6. The summed E-state index contributed by atoms with van der Waals surface area (Å²) in [6, 6.07) is 0. The zero-order valence-corrected chi connectivity index (χ0v) is 27.1. The Morgan fingerprint density at radius 1 is 0.429 bits per heavy atom. The molecule has 0 heterocycles. The van der Waals surface area contributed by atoms with Crippen LogP contribution in [0.3, 0.4) is 0 Å². The molecule has 0 bridgehead atoms. The van der Waals surface area contributed by atoms with Crippen LogP contribution < -0.4 is 29.6 Å². The Labute approximate surface area is 243 Å². The summed E-state index contributed by atoms with van der Waals surface area (Å²) < 4.78 is 34.8. The van der Waals surface area contributed by atoms with Crippen LogP contribution >= 0.6 is 0 Å². The van der Waals surface area contributed by atoms with Crippen molar-refractivity contribution in [3.05, 3.63) is 0 Å². The monoisotopic (exact) mass is 524 g/mol. The molecule has 0 aromatic rings. The van der Waals surface area contributed by atoms with E-state index in [1.807, 2.05) is 0 Å². The van der Waals surface area contributed by atoms with Gasteiger partial charge in [0.1, 0.15) is 0 Å². The van der Waals surface area contributed by atoms with E-state index in [1.54, 1.807) is 0 Å². The fourth-order valence-corrected chi connectivity index (χ4v) is 5.95. The molecule has 0 fully saturated rings. The van der Waals surface area contributed by atoms with Crippen molar-refractivity contribution >= 4 is 10.1 Å². The van der Waals surface area contributed by atoms with Gasteiger partial charge in [0.2, 0.25) is 0 Å². The van der Waals surface area contributed by atoms with Crippen molar-refractivity contribution in [2.24, 2.45) is 0 Å². The summed E-state index contributed by atoms with van der Waals surface area (Å²) in [6.07, 6.45) is 33.3. The first-order chi connectivity index (χ1) is 16.5. The van der Waals surface area contributed by atoms with Crippen LogP contribution in [0, 0.1) is 0 Å². The Bertz CT molecular complexity index is 496. The van der Waals surface area contributed by atoms with Gasteiger partial charge in [-0.2, -0.15) is 0 Å². The molecule has 0 aliphatic carbocycles. The minimum Gasteiger partial charge on any atom is -0.748 e. The molecule has 35 heavy (non-hydrogen) atoms. The van der Waals surface area contributed by atoms with Gasteiger partial charge in [0.15, 0.2) is 0 Å². The molecule has 0 saturated heterocycles. The van der Waals surface area contributed by atoms with E-state index in [9.17, 15) is 13.0 Å². The number of rotatable bonds is 28. The van der Waals surface area contributed by atoms with Crippen molar-refractivity contribution < 1.29 is 42.5 Å². The molecule has 0 rings (SSSR count). The molecule has 0 aromatic heterocycles. The van der Waals surface area contributed by atoms with Crippen LogP contribution in [0.15, 0.2) is 0 Å². The summed E-state index contributed by atoms with van der Waals surface area (Å²) in [7, 11) is -4.14. The van der Waals surface area contributed by atoms with Gasteiger partial charge in [0.05, 0.1) is 10.1 Å². The van der Waals surface area contributed by atoms with Crippen molar-refractivity contribution in [1.82, 2.24) is 0 Å². The standard InChI is InChI=1S/C30H62O3S.Na/c1-3-5-7-9-11-12-13-14-15-16-17-18-19-20-21-23-25-27-29-30(34(31,32)33)28-26-24-22-10-8-6-4-2;/h30H,3-29H2,1-2H3,(H,31,32,33);/q;+1/p-1. The van der Waals surface area contributed by atoms with Crippen LogP contribution in [-0.2, 0) is 10.1 Å². The summed E-state index contributed by atoms with van der Waals surface area (Å²) in [5.41, 5.74) is 0. The first-order valence-electron chi connectivity index (χ1n) is 15.5. The van der Waals surface area contributed by atoms with Gasteiger partial charge in [0.25, 0.3) is 0 Å². The van der Waals surface area contributed by atoms with Crippen molar-refractivity contribution in [3.63, 3.8) is 0 Å². The normalized spacial score (nSPS) is 12.5. The van der Waals surface area contributed by atoms with Crippen LogP contribution in [-0.4, -0.2) is 18.2 Å². The average molecular weight is 525 g/mol. The third-order valence-corrected chi connectivity index (χ3v) is 8.71. The average Bonchev–Trinajstić information content (AvgIpc) is 2.80. The van der Waals surface area contributed by atoms with Gasteiger partial charge in [-0.1, -0.05) is 174 Å². The molecule has 0 aliphatic heterocycles. The molecule has 0 aromatic carbocycles. The number of hydrogen-bond acceptors (Lipinski definition) is 3. The first-order valence-corrected chi connectivity index (χ1v) is 16.9. The second kappa shape index (κ2) is 29.5. The molecule has 3 nitrogen and oxygen atoms in total. The minimum absolute atomic E-state index is 0. The Morgan fingerprint density at radius 3 is 0.829 bits per heavy atom. The van der Waals surface area contributed by atoms with E-state index < -0.39 is 15.4 Å². The molecule has 0 spiro atoms. The van der Waals surface area contributed by atoms with E-state index in [0.29, 0.717) is 12.8 Å². The Hall–Kier alpha value is 0.910. The van der Waals surface area contributed by atoms with Gasteiger partial charge in [-0.05, 0) is 12.8 Å². The molecule has 0 saturated carbocycles. The fraction of sp³-hybridized carbons (Fsp3) is 1.00. The van der Waals surface area contributed by atoms with Crippen molar-refractivity contribution in [2.75, 3.05) is 0 Å². The Balaban J connectivity index is 0. The van der Waals surface area contributed by atoms with Crippen LogP contribution in [0.5, 0.6) is 0 Å². The predicted octanol–water partition coefficient (Wildman–Crippen LogP) is 7.48. The van der Waals surface area contributed by atoms with Crippen LogP contribution in [0.25, 0.3) is 0 Å². The van der Waals surface area contributed by atoms with E-state index in [4.69, 9.17) is 0 Å². The van der Waals surface area contributed by atoms with E-state index in [2.05, 4.69) is 13.8 Å². The maximum Gasteiger partial charge on any atom is 1.00 e. The third kappa shape index (κ3) is 29.3. The van der Waals surface area contributed by atoms with Crippen molar-refractivity contribution in [3.8, 4) is 0 Å². The minimum atomic E-state index is -4.14. The molecule has 1 unspecified atom stereocenters. The summed E-state index contributed by atoms with van der Waals surface area (Å²) in [5.74, 6) is 0. The van der Waals surface area contributed by atoms with E-state index >= 15 is 0 Å². The predicted molar refractivity (Wildman–Crippen MR) is 149 cm³/mol. The fourth-order valence-electron chi connectivity index (χ4n) is 5.04. The van der Waals surface area contributed by atoms with Gasteiger partial charge in [-0.25, -0.2) is 8.42 Å². The molecule has 5 heteroatoms. The molecular weight excluding hydrogens is 463 g/mol. The van der Waals surface area contributed by atoms with Crippen LogP contribution in [0.2, 0.25) is 0 Å². The van der Waals surface area contributed by atoms with Crippen LogP contribution in [0.4, 0.5) is 0 Å². The van der Waals surface area contributed by atoms with Gasteiger partial charge in [-0.15, -0.1) is 0 Å². The van der Waals surface area contributed by atoms with Crippen molar-refractivity contribution in [2.45, 2.75) is 192 Å². The zero-order valence-electron chi connectivity index (χ0n) is 24.3. The maximum atomic E-state index is 11.6. The molecule has 1 atom stereocenters. The summed E-state index contributed by atoms with van der Waals surface area (Å²) in [4.78, 5) is 0. The molecular formula is C30H61NaO3S. The topological polar surface area (TPSA) is 57.2 Å². The van der Waals surface area contributed by atoms with Gasteiger partial charge < -0.3 is 4.55 Å². The smallest absolute Gasteiger partial charge is 0.748 e. The second-order valence-electron chi connectivity index (χ2n) is 10.8. The Kier molecular flexibility index (Phi) is 32.0. The Morgan fingerprint density at radius 2 is 0.629 bits per heavy atom. The quantitative estimate of drug-likeness (QED) is 0.0605. The number of unbranched alkanes of at least 4 members (excludes halogenated alkanes) is 23. The summed E-state index contributed by atoms with van der Waals surface area (Å²) in [5, 5.41) is -0.649. The van der Waals surface area contributed by atoms with Crippen LogP contribution in [0.1, 0.15) is 187 Å². The molecule has 0 radical (unpaired) electrons. The van der Waals surface area contributed by atoms with E-state index in [0.717, 1.165) is 25.7 Å². The van der Waals surface area contributed by atoms with E-state index in [1.165, 1.54) is 135 Å². The third-order valence-electron chi connectivity index (χ3n) is 7.42. The first kappa shape index (κ1) is 38.1. The zero-order chi connectivity index (χ0) is 25.2. The van der Waals surface area contributed by atoms with Gasteiger partial charge in [-0.3, -0.25) is 0 Å². The van der Waals surface area contributed by atoms with Gasteiger partial charge in [0, 0.05) is 5.25 Å².